The van der Waals surface area contributed by atoms with Crippen molar-refractivity contribution in [2.75, 3.05) is 5.75 Å². The Labute approximate surface area is 119 Å². The second kappa shape index (κ2) is 10.5. The van der Waals surface area contributed by atoms with E-state index in [0.29, 0.717) is 25.0 Å². The zero-order valence-electron chi connectivity index (χ0n) is 12.0. The van der Waals surface area contributed by atoms with Gasteiger partial charge >= 0.3 is 5.97 Å². The highest BCUT2D eigenvalue weighted by molar-refractivity contribution is 8.00. The van der Waals surface area contributed by atoms with E-state index in [1.165, 1.54) is 11.8 Å². The third-order valence-corrected chi connectivity index (χ3v) is 4.33. The summed E-state index contributed by atoms with van der Waals surface area (Å²) in [6.45, 7) is 3.82. The Morgan fingerprint density at radius 1 is 1.16 bits per heavy atom. The molecule has 0 bridgehead atoms. The van der Waals surface area contributed by atoms with Crippen molar-refractivity contribution in [3.05, 3.63) is 0 Å². The van der Waals surface area contributed by atoms with Crippen LogP contribution in [0.1, 0.15) is 65.2 Å². The van der Waals surface area contributed by atoms with Gasteiger partial charge in [0.25, 0.3) is 0 Å². The van der Waals surface area contributed by atoms with E-state index in [2.05, 4.69) is 6.92 Å². The number of unbranched alkanes of at least 4 members (excludes halogenated alkanes) is 2. The van der Waals surface area contributed by atoms with E-state index in [0.717, 1.165) is 19.3 Å². The molecule has 0 aromatic rings. The van der Waals surface area contributed by atoms with E-state index in [4.69, 9.17) is 5.11 Å². The van der Waals surface area contributed by atoms with Crippen LogP contribution in [0.2, 0.25) is 0 Å². The van der Waals surface area contributed by atoms with Crippen LogP contribution in [0.4, 0.5) is 8.78 Å². The molecule has 0 aliphatic rings. The van der Waals surface area contributed by atoms with Crippen molar-refractivity contribution in [3.8, 4) is 0 Å². The zero-order chi connectivity index (χ0) is 14.7. The molecule has 0 rings (SSSR count). The van der Waals surface area contributed by atoms with E-state index in [1.807, 2.05) is 0 Å². The molecule has 0 fully saturated rings. The fourth-order valence-corrected chi connectivity index (χ4v) is 2.98. The van der Waals surface area contributed by atoms with Gasteiger partial charge in [0.1, 0.15) is 5.25 Å². The normalized spacial score (nSPS) is 13.5. The largest absolute Gasteiger partial charge is 0.480 e. The number of halogens is 2. The molecule has 0 heterocycles. The topological polar surface area (TPSA) is 37.3 Å². The van der Waals surface area contributed by atoms with E-state index >= 15 is 0 Å². The molecule has 1 atom stereocenters. The van der Waals surface area contributed by atoms with E-state index in [9.17, 15) is 13.6 Å². The average molecular weight is 296 g/mol. The van der Waals surface area contributed by atoms with Crippen molar-refractivity contribution >= 4 is 17.7 Å². The molecule has 114 valence electrons. The van der Waals surface area contributed by atoms with Crippen molar-refractivity contribution in [2.45, 2.75) is 76.4 Å². The first-order valence-corrected chi connectivity index (χ1v) is 8.20. The Kier molecular flexibility index (Phi) is 10.3. The maximum Gasteiger partial charge on any atom is 0.316 e. The van der Waals surface area contributed by atoms with E-state index in [1.54, 1.807) is 6.92 Å². The van der Waals surface area contributed by atoms with Crippen LogP contribution in [0.5, 0.6) is 0 Å². The third-order valence-electron chi connectivity index (χ3n) is 2.97. The average Bonchev–Trinajstić information content (AvgIpc) is 2.31. The number of thioether (sulfide) groups is 1. The van der Waals surface area contributed by atoms with Crippen LogP contribution in [0.15, 0.2) is 0 Å². The summed E-state index contributed by atoms with van der Waals surface area (Å²) in [6.07, 6.45) is 4.28. The molecule has 0 aromatic heterocycles. The lowest BCUT2D eigenvalue weighted by molar-refractivity contribution is -0.136. The molecule has 2 nitrogen and oxygen atoms in total. The van der Waals surface area contributed by atoms with Crippen LogP contribution in [-0.2, 0) is 4.79 Å². The summed E-state index contributed by atoms with van der Waals surface area (Å²) >= 11 is 1.31. The standard InChI is InChI=1S/C14H26F2O2S/c1-3-5-6-8-12(13(17)18)19-11-7-10-14(15,16)9-4-2/h12H,3-11H2,1-2H3,(H,17,18). The van der Waals surface area contributed by atoms with Gasteiger partial charge in [-0.25, -0.2) is 8.78 Å². The minimum absolute atomic E-state index is 0.0729. The summed E-state index contributed by atoms with van der Waals surface area (Å²) in [7, 11) is 0. The van der Waals surface area contributed by atoms with Crippen molar-refractivity contribution in [2.24, 2.45) is 0 Å². The molecule has 0 spiro atoms. The first-order valence-electron chi connectivity index (χ1n) is 7.15. The van der Waals surface area contributed by atoms with Crippen LogP contribution in [0.3, 0.4) is 0 Å². The Hall–Kier alpha value is -0.320. The zero-order valence-corrected chi connectivity index (χ0v) is 12.8. The molecule has 0 radical (unpaired) electrons. The minimum Gasteiger partial charge on any atom is -0.480 e. The Morgan fingerprint density at radius 2 is 1.84 bits per heavy atom. The number of carbonyl (C=O) groups is 1. The van der Waals surface area contributed by atoms with E-state index in [-0.39, 0.29) is 12.8 Å². The maximum atomic E-state index is 13.2. The molecule has 19 heavy (non-hydrogen) atoms. The number of rotatable bonds is 12. The predicted octanol–water partition coefficient (Wildman–Crippen LogP) is 4.97. The number of hydrogen-bond acceptors (Lipinski definition) is 2. The lowest BCUT2D eigenvalue weighted by Gasteiger charge is -2.16. The molecule has 1 N–H and O–H groups in total. The molecule has 5 heteroatoms. The summed E-state index contributed by atoms with van der Waals surface area (Å²) in [5.41, 5.74) is 0. The highest BCUT2D eigenvalue weighted by Crippen LogP contribution is 2.28. The third kappa shape index (κ3) is 10.2. The number of carboxylic acid groups (broad SMARTS) is 1. The van der Waals surface area contributed by atoms with Gasteiger partial charge in [-0.15, -0.1) is 11.8 Å². The molecule has 0 saturated heterocycles. The quantitative estimate of drug-likeness (QED) is 0.517. The van der Waals surface area contributed by atoms with Gasteiger partial charge in [-0.2, -0.15) is 0 Å². The number of hydrogen-bond donors (Lipinski definition) is 1. The number of alkyl halides is 2. The van der Waals surface area contributed by atoms with Crippen LogP contribution in [0.25, 0.3) is 0 Å². The van der Waals surface area contributed by atoms with Gasteiger partial charge in [-0.1, -0.05) is 39.5 Å². The first kappa shape index (κ1) is 18.7. The van der Waals surface area contributed by atoms with Crippen LogP contribution in [-0.4, -0.2) is 28.0 Å². The number of carboxylic acids is 1. The predicted molar refractivity (Wildman–Crippen MR) is 77.1 cm³/mol. The Bertz CT molecular complexity index is 248. The summed E-state index contributed by atoms with van der Waals surface area (Å²) in [4.78, 5) is 11.0. The lowest BCUT2D eigenvalue weighted by Crippen LogP contribution is -2.18. The SMILES string of the molecule is CCCCCC(SCCCC(F)(F)CCC)C(=O)O. The van der Waals surface area contributed by atoms with Crippen molar-refractivity contribution < 1.29 is 18.7 Å². The minimum atomic E-state index is -2.59. The van der Waals surface area contributed by atoms with Gasteiger partial charge in [0.05, 0.1) is 0 Å². The van der Waals surface area contributed by atoms with Crippen LogP contribution < -0.4 is 0 Å². The molecule has 0 amide bonds. The van der Waals surface area contributed by atoms with Crippen molar-refractivity contribution in [1.82, 2.24) is 0 Å². The summed E-state index contributed by atoms with van der Waals surface area (Å²) < 4.78 is 26.5. The van der Waals surface area contributed by atoms with Crippen molar-refractivity contribution in [1.29, 1.82) is 0 Å². The van der Waals surface area contributed by atoms with Crippen LogP contribution >= 0.6 is 11.8 Å². The second-order valence-corrected chi connectivity index (χ2v) is 6.21. The first-order chi connectivity index (χ1) is 8.93. The van der Waals surface area contributed by atoms with Gasteiger partial charge in [-0.05, 0) is 18.6 Å². The monoisotopic (exact) mass is 296 g/mol. The fraction of sp³-hybridized carbons (Fsp3) is 0.929. The molecule has 0 aliphatic heterocycles. The molecule has 0 saturated carbocycles. The molecular formula is C14H26F2O2S. The molecule has 0 aliphatic carbocycles. The Morgan fingerprint density at radius 3 is 2.37 bits per heavy atom. The van der Waals surface area contributed by atoms with Gasteiger partial charge in [0.15, 0.2) is 0 Å². The van der Waals surface area contributed by atoms with Gasteiger partial charge in [0, 0.05) is 12.8 Å². The fourth-order valence-electron chi connectivity index (χ4n) is 1.90. The van der Waals surface area contributed by atoms with Gasteiger partial charge in [-0.3, -0.25) is 4.79 Å². The Balaban J connectivity index is 3.84. The lowest BCUT2D eigenvalue weighted by atomic mass is 10.1. The summed E-state index contributed by atoms with van der Waals surface area (Å²) in [5.74, 6) is -2.90. The van der Waals surface area contributed by atoms with Gasteiger partial charge in [0.2, 0.25) is 5.92 Å². The molecular weight excluding hydrogens is 270 g/mol. The maximum absolute atomic E-state index is 13.2. The molecule has 0 aromatic carbocycles. The van der Waals surface area contributed by atoms with E-state index < -0.39 is 17.1 Å². The number of aliphatic carboxylic acids is 1. The molecule has 1 unspecified atom stereocenters. The smallest absolute Gasteiger partial charge is 0.316 e. The highest BCUT2D eigenvalue weighted by atomic mass is 32.2. The van der Waals surface area contributed by atoms with Crippen molar-refractivity contribution in [3.63, 3.8) is 0 Å². The highest BCUT2D eigenvalue weighted by Gasteiger charge is 2.27. The van der Waals surface area contributed by atoms with Gasteiger partial charge < -0.3 is 5.11 Å². The van der Waals surface area contributed by atoms with Crippen LogP contribution in [0, 0.1) is 0 Å². The summed E-state index contributed by atoms with van der Waals surface area (Å²) in [5, 5.41) is 8.61. The second-order valence-electron chi connectivity index (χ2n) is 4.90. The summed E-state index contributed by atoms with van der Waals surface area (Å²) in [6, 6.07) is 0.